The zero-order valence-electron chi connectivity index (χ0n) is 9.77. The van der Waals surface area contributed by atoms with E-state index in [0.717, 1.165) is 19.3 Å². The largest absolute Gasteiger partial charge is 0.366 e. The molecule has 1 aromatic rings. The number of nitrogens with zero attached hydrogens (tertiary/aromatic N) is 2. The first kappa shape index (κ1) is 12.2. The normalized spacial score (nSPS) is 24.5. The minimum atomic E-state index is -0.221. The van der Waals surface area contributed by atoms with E-state index in [4.69, 9.17) is 5.73 Å². The van der Waals surface area contributed by atoms with Gasteiger partial charge in [0.2, 0.25) is 11.8 Å². The van der Waals surface area contributed by atoms with E-state index in [0.29, 0.717) is 5.25 Å². The van der Waals surface area contributed by atoms with Crippen LogP contribution in [0.3, 0.4) is 0 Å². The average Bonchev–Trinajstić information content (AvgIpc) is 2.76. The lowest BCUT2D eigenvalue weighted by molar-refractivity contribution is 0.0918. The Morgan fingerprint density at radius 2 is 2.41 bits per heavy atom. The third-order valence-electron chi connectivity index (χ3n) is 3.01. The molecule has 1 aliphatic carbocycles. The Bertz CT molecular complexity index is 394. The van der Waals surface area contributed by atoms with Crippen LogP contribution in [0.2, 0.25) is 0 Å². The smallest absolute Gasteiger partial charge is 0.288 e. The number of hydrogen-bond donors (Lipinski definition) is 3. The van der Waals surface area contributed by atoms with Gasteiger partial charge >= 0.3 is 0 Å². The fraction of sp³-hybridized carbons (Fsp3) is 0.700. The van der Waals surface area contributed by atoms with E-state index in [1.54, 1.807) is 0 Å². The van der Waals surface area contributed by atoms with Crippen molar-refractivity contribution in [3.8, 4) is 0 Å². The molecule has 0 spiro atoms. The fourth-order valence-electron chi connectivity index (χ4n) is 2.12. The Hall–Kier alpha value is -1.24. The van der Waals surface area contributed by atoms with E-state index in [9.17, 15) is 4.79 Å². The molecule has 1 fully saturated rings. The van der Waals surface area contributed by atoms with Crippen LogP contribution in [0, 0.1) is 0 Å². The lowest BCUT2D eigenvalue weighted by atomic mass is 9.95. The number of anilines is 1. The summed E-state index contributed by atoms with van der Waals surface area (Å²) in [6.07, 6.45) is 6.58. The van der Waals surface area contributed by atoms with Crippen LogP contribution in [-0.4, -0.2) is 38.6 Å². The van der Waals surface area contributed by atoms with Crippen LogP contribution in [-0.2, 0) is 0 Å². The van der Waals surface area contributed by atoms with Crippen molar-refractivity contribution in [2.24, 2.45) is 0 Å². The van der Waals surface area contributed by atoms with E-state index in [1.807, 2.05) is 11.8 Å². The molecule has 2 unspecified atom stereocenters. The van der Waals surface area contributed by atoms with Crippen molar-refractivity contribution >= 4 is 23.6 Å². The van der Waals surface area contributed by atoms with Gasteiger partial charge in [0.05, 0.1) is 0 Å². The molecule has 1 amide bonds. The summed E-state index contributed by atoms with van der Waals surface area (Å²) in [7, 11) is 0. The molecule has 0 aromatic carbocycles. The molecule has 1 heterocycles. The van der Waals surface area contributed by atoms with Crippen molar-refractivity contribution in [3.05, 3.63) is 5.82 Å². The molecule has 1 saturated carbocycles. The van der Waals surface area contributed by atoms with Crippen molar-refractivity contribution in [3.63, 3.8) is 0 Å². The number of aromatic amines is 1. The topological polar surface area (TPSA) is 96.7 Å². The highest BCUT2D eigenvalue weighted by atomic mass is 32.2. The van der Waals surface area contributed by atoms with E-state index in [-0.39, 0.29) is 23.7 Å². The predicted octanol–water partition coefficient (Wildman–Crippen LogP) is 0.791. The van der Waals surface area contributed by atoms with Crippen molar-refractivity contribution in [2.45, 2.75) is 37.0 Å². The minimum Gasteiger partial charge on any atom is -0.366 e. The van der Waals surface area contributed by atoms with Crippen LogP contribution in [0.15, 0.2) is 0 Å². The Morgan fingerprint density at radius 3 is 3.06 bits per heavy atom. The molecule has 6 nitrogen and oxygen atoms in total. The third-order valence-corrected chi connectivity index (χ3v) is 4.11. The molecule has 0 radical (unpaired) electrons. The zero-order valence-corrected chi connectivity index (χ0v) is 10.6. The number of thioether (sulfide) groups is 1. The molecule has 0 saturated heterocycles. The number of rotatable bonds is 3. The maximum Gasteiger partial charge on any atom is 0.288 e. The lowest BCUT2D eigenvalue weighted by Crippen LogP contribution is -2.39. The van der Waals surface area contributed by atoms with Crippen LogP contribution < -0.4 is 11.1 Å². The quantitative estimate of drug-likeness (QED) is 0.742. The molecule has 2 rings (SSSR count). The zero-order chi connectivity index (χ0) is 12.3. The number of hydrogen-bond acceptors (Lipinski definition) is 5. The van der Waals surface area contributed by atoms with Crippen molar-refractivity contribution < 1.29 is 4.79 Å². The van der Waals surface area contributed by atoms with Gasteiger partial charge in [-0.15, -0.1) is 5.10 Å². The molecule has 94 valence electrons. The highest BCUT2D eigenvalue weighted by Gasteiger charge is 2.23. The molecule has 17 heavy (non-hydrogen) atoms. The number of nitrogens with two attached hydrogens (primary N) is 1. The van der Waals surface area contributed by atoms with Crippen LogP contribution in [0.1, 0.15) is 36.3 Å². The number of nitrogen functional groups attached to an aromatic ring is 1. The number of amides is 1. The van der Waals surface area contributed by atoms with Gasteiger partial charge < -0.3 is 11.1 Å². The van der Waals surface area contributed by atoms with Crippen molar-refractivity contribution in [2.75, 3.05) is 12.0 Å². The lowest BCUT2D eigenvalue weighted by Gasteiger charge is -2.28. The number of nitrogens with one attached hydrogen (secondary N) is 2. The summed E-state index contributed by atoms with van der Waals surface area (Å²) >= 11 is 1.87. The third kappa shape index (κ3) is 3.12. The van der Waals surface area contributed by atoms with Gasteiger partial charge in [-0.05, 0) is 25.5 Å². The van der Waals surface area contributed by atoms with Gasteiger partial charge in [0.25, 0.3) is 5.91 Å². The molecule has 4 N–H and O–H groups in total. The molecular formula is C10H17N5OS. The summed E-state index contributed by atoms with van der Waals surface area (Å²) < 4.78 is 0. The van der Waals surface area contributed by atoms with Crippen molar-refractivity contribution in [1.29, 1.82) is 0 Å². The van der Waals surface area contributed by atoms with Crippen LogP contribution >= 0.6 is 11.8 Å². The SMILES string of the molecule is CSC1CCCC(NC(=O)c2nc(N)n[nH]2)C1. The molecule has 7 heteroatoms. The second-order valence-electron chi connectivity index (χ2n) is 4.24. The number of aromatic nitrogens is 3. The van der Waals surface area contributed by atoms with Gasteiger partial charge in [0, 0.05) is 11.3 Å². The summed E-state index contributed by atoms with van der Waals surface area (Å²) in [6, 6.07) is 0.236. The first-order chi connectivity index (χ1) is 8.19. The van der Waals surface area contributed by atoms with Gasteiger partial charge in [-0.2, -0.15) is 16.7 Å². The Kier molecular flexibility index (Phi) is 3.88. The maximum atomic E-state index is 11.8. The standard InChI is InChI=1S/C10H17N5OS/c1-17-7-4-2-3-6(5-7)12-9(16)8-13-10(11)15-14-8/h6-7H,2-5H2,1H3,(H,12,16)(H3,11,13,14,15). The molecule has 0 bridgehead atoms. The van der Waals surface area contributed by atoms with Gasteiger partial charge in [-0.25, -0.2) is 0 Å². The van der Waals surface area contributed by atoms with Crippen LogP contribution in [0.5, 0.6) is 0 Å². The van der Waals surface area contributed by atoms with Crippen molar-refractivity contribution in [1.82, 2.24) is 20.5 Å². The summed E-state index contributed by atoms with van der Waals surface area (Å²) in [6.45, 7) is 0. The number of carbonyl (C=O) groups is 1. The summed E-state index contributed by atoms with van der Waals surface area (Å²) in [4.78, 5) is 15.6. The van der Waals surface area contributed by atoms with E-state index in [1.165, 1.54) is 6.42 Å². The first-order valence-electron chi connectivity index (χ1n) is 5.70. The minimum absolute atomic E-state index is 0.0979. The molecule has 1 aromatic heterocycles. The second kappa shape index (κ2) is 5.39. The van der Waals surface area contributed by atoms with E-state index >= 15 is 0 Å². The van der Waals surface area contributed by atoms with Gasteiger partial charge in [-0.1, -0.05) is 6.42 Å². The summed E-state index contributed by atoms with van der Waals surface area (Å²) in [5.41, 5.74) is 5.36. The van der Waals surface area contributed by atoms with E-state index in [2.05, 4.69) is 26.8 Å². The summed E-state index contributed by atoms with van der Waals surface area (Å²) in [5.74, 6) is 0.0653. The van der Waals surface area contributed by atoms with Gasteiger partial charge in [0.15, 0.2) is 0 Å². The Morgan fingerprint density at radius 1 is 1.59 bits per heavy atom. The fourth-order valence-corrected chi connectivity index (χ4v) is 2.95. The summed E-state index contributed by atoms with van der Waals surface area (Å²) in [5, 5.41) is 9.77. The molecule has 1 aliphatic rings. The Labute approximate surface area is 104 Å². The van der Waals surface area contributed by atoms with Gasteiger partial charge in [-0.3, -0.25) is 9.89 Å². The monoisotopic (exact) mass is 255 g/mol. The first-order valence-corrected chi connectivity index (χ1v) is 6.99. The average molecular weight is 255 g/mol. The maximum absolute atomic E-state index is 11.8. The van der Waals surface area contributed by atoms with Crippen LogP contribution in [0.4, 0.5) is 5.95 Å². The molecule has 2 atom stereocenters. The number of carbonyl (C=O) groups excluding carboxylic acids is 1. The molecular weight excluding hydrogens is 238 g/mol. The Balaban J connectivity index is 1.90. The second-order valence-corrected chi connectivity index (χ2v) is 5.37. The van der Waals surface area contributed by atoms with Gasteiger partial charge in [0.1, 0.15) is 0 Å². The molecule has 0 aliphatic heterocycles. The number of H-pyrrole nitrogens is 1. The van der Waals surface area contributed by atoms with E-state index < -0.39 is 0 Å². The highest BCUT2D eigenvalue weighted by molar-refractivity contribution is 7.99. The highest BCUT2D eigenvalue weighted by Crippen LogP contribution is 2.26. The van der Waals surface area contributed by atoms with Crippen LogP contribution in [0.25, 0.3) is 0 Å². The predicted molar refractivity (Wildman–Crippen MR) is 67.8 cm³/mol.